The molecule has 3 atom stereocenters. The highest BCUT2D eigenvalue weighted by Crippen LogP contribution is 2.40. The third-order valence-corrected chi connectivity index (χ3v) is 6.24. The monoisotopic (exact) mass is 522 g/mol. The van der Waals surface area contributed by atoms with Crippen LogP contribution in [-0.2, 0) is 16.0 Å². The highest BCUT2D eigenvalue weighted by Gasteiger charge is 2.47. The first-order chi connectivity index (χ1) is 17.6. The lowest BCUT2D eigenvalue weighted by molar-refractivity contribution is -0.148. The van der Waals surface area contributed by atoms with Crippen molar-refractivity contribution in [2.24, 2.45) is 17.1 Å². The second-order valence-electron chi connectivity index (χ2n) is 9.17. The second kappa shape index (κ2) is 10.9. The van der Waals surface area contributed by atoms with Crippen molar-refractivity contribution in [1.82, 2.24) is 4.98 Å². The first kappa shape index (κ1) is 26.6. The van der Waals surface area contributed by atoms with E-state index in [-0.39, 0.29) is 41.0 Å². The van der Waals surface area contributed by atoms with Gasteiger partial charge in [-0.05, 0) is 63.0 Å². The molecule has 8 nitrogen and oxygen atoms in total. The molecule has 0 aliphatic heterocycles. The molecule has 0 spiro atoms. The zero-order valence-electron chi connectivity index (χ0n) is 20.5. The van der Waals surface area contributed by atoms with Gasteiger partial charge in [0.1, 0.15) is 23.1 Å². The number of benzene rings is 1. The van der Waals surface area contributed by atoms with Crippen LogP contribution in [0.2, 0.25) is 0 Å². The summed E-state index contributed by atoms with van der Waals surface area (Å²) in [6.07, 6.45) is 3.56. The summed E-state index contributed by atoms with van der Waals surface area (Å²) in [7, 11) is 0. The molecule has 0 amide bonds. The number of nitrogens with zero attached hydrogens (tertiary/aromatic N) is 1. The van der Waals surface area contributed by atoms with Gasteiger partial charge in [-0.2, -0.15) is 8.78 Å². The van der Waals surface area contributed by atoms with E-state index in [0.717, 1.165) is 18.9 Å². The van der Waals surface area contributed by atoms with E-state index in [2.05, 4.69) is 9.72 Å². The molecule has 37 heavy (non-hydrogen) atoms. The number of halogens is 3. The summed E-state index contributed by atoms with van der Waals surface area (Å²) in [6, 6.07) is 3.56. The van der Waals surface area contributed by atoms with Crippen LogP contribution in [0.3, 0.4) is 0 Å². The summed E-state index contributed by atoms with van der Waals surface area (Å²) in [5.74, 6) is -0.567. The molecule has 2 aliphatic carbocycles. The fraction of sp³-hybridized carbons (Fsp3) is 0.462. The number of allylic oxidation sites excluding steroid dienone is 2. The van der Waals surface area contributed by atoms with Gasteiger partial charge in [0.05, 0.1) is 24.9 Å². The van der Waals surface area contributed by atoms with Gasteiger partial charge in [-0.15, -0.1) is 0 Å². The molecule has 11 heteroatoms. The van der Waals surface area contributed by atoms with Crippen molar-refractivity contribution in [2.75, 3.05) is 13.2 Å². The number of carboxylic acid groups (broad SMARTS) is 1. The molecule has 1 fully saturated rings. The number of ether oxygens (including phenoxy) is 3. The summed E-state index contributed by atoms with van der Waals surface area (Å²) in [5, 5.41) is 10.00. The smallest absolute Gasteiger partial charge is 0.387 e. The van der Waals surface area contributed by atoms with Crippen LogP contribution in [0.25, 0.3) is 11.5 Å². The van der Waals surface area contributed by atoms with Crippen LogP contribution < -0.4 is 15.2 Å². The van der Waals surface area contributed by atoms with Crippen LogP contribution in [0.5, 0.6) is 11.5 Å². The Balaban J connectivity index is 1.67. The number of rotatable bonds is 12. The molecule has 2 aromatic rings. The van der Waals surface area contributed by atoms with E-state index in [0.29, 0.717) is 24.7 Å². The average molecular weight is 523 g/mol. The van der Waals surface area contributed by atoms with Crippen molar-refractivity contribution in [3.63, 3.8) is 0 Å². The Hall–Kier alpha value is -3.47. The SMILES string of the molecule is CCOC1=CC(F)C(Cc2nc(-c3ccc(OC(F)F)c(OCC4CC4)c3)oc2C(C)N)(C(=O)O)C=C1. The van der Waals surface area contributed by atoms with E-state index >= 15 is 4.39 Å². The van der Waals surface area contributed by atoms with E-state index in [1.54, 1.807) is 13.8 Å². The van der Waals surface area contributed by atoms with Gasteiger partial charge in [0.2, 0.25) is 5.89 Å². The molecule has 0 saturated heterocycles. The van der Waals surface area contributed by atoms with Gasteiger partial charge in [-0.1, -0.05) is 6.08 Å². The quantitative estimate of drug-likeness (QED) is 0.391. The largest absolute Gasteiger partial charge is 0.494 e. The maximum absolute atomic E-state index is 15.3. The lowest BCUT2D eigenvalue weighted by Gasteiger charge is -2.30. The number of hydrogen-bond donors (Lipinski definition) is 2. The van der Waals surface area contributed by atoms with Crippen molar-refractivity contribution in [3.05, 3.63) is 53.6 Å². The number of hydrogen-bond acceptors (Lipinski definition) is 7. The minimum Gasteiger partial charge on any atom is -0.494 e. The third-order valence-electron chi connectivity index (χ3n) is 6.24. The molecule has 3 unspecified atom stereocenters. The first-order valence-electron chi connectivity index (χ1n) is 12.0. The number of alkyl halides is 3. The summed E-state index contributed by atoms with van der Waals surface area (Å²) >= 11 is 0. The van der Waals surface area contributed by atoms with Gasteiger partial charge < -0.3 is 29.5 Å². The van der Waals surface area contributed by atoms with Crippen molar-refractivity contribution in [3.8, 4) is 23.0 Å². The highest BCUT2D eigenvalue weighted by atomic mass is 19.3. The minimum absolute atomic E-state index is 0.0588. The van der Waals surface area contributed by atoms with Crippen molar-refractivity contribution >= 4 is 5.97 Å². The number of carbonyl (C=O) groups is 1. The summed E-state index contributed by atoms with van der Waals surface area (Å²) in [4.78, 5) is 16.7. The molecule has 1 aromatic carbocycles. The molecule has 1 aromatic heterocycles. The second-order valence-corrected chi connectivity index (χ2v) is 9.17. The molecule has 3 N–H and O–H groups in total. The predicted molar refractivity (Wildman–Crippen MR) is 127 cm³/mol. The molecule has 200 valence electrons. The Morgan fingerprint density at radius 3 is 2.65 bits per heavy atom. The summed E-state index contributed by atoms with van der Waals surface area (Å²) in [5.41, 5.74) is 4.66. The van der Waals surface area contributed by atoms with Crippen LogP contribution in [-0.4, -0.2) is 42.1 Å². The summed E-state index contributed by atoms with van der Waals surface area (Å²) in [6.45, 7) is 0.989. The molecular formula is C26H29F3N2O6. The van der Waals surface area contributed by atoms with E-state index in [4.69, 9.17) is 19.6 Å². The number of oxazole rings is 1. The lowest BCUT2D eigenvalue weighted by Crippen LogP contribution is -2.41. The van der Waals surface area contributed by atoms with Gasteiger partial charge in [0, 0.05) is 12.0 Å². The zero-order chi connectivity index (χ0) is 26.7. The fourth-order valence-electron chi connectivity index (χ4n) is 4.04. The van der Waals surface area contributed by atoms with Gasteiger partial charge in [-0.3, -0.25) is 4.79 Å². The van der Waals surface area contributed by atoms with Gasteiger partial charge in [0.25, 0.3) is 0 Å². The van der Waals surface area contributed by atoms with Crippen LogP contribution in [0.15, 0.2) is 46.6 Å². The van der Waals surface area contributed by atoms with Gasteiger partial charge >= 0.3 is 12.6 Å². The zero-order valence-corrected chi connectivity index (χ0v) is 20.5. The number of aliphatic carboxylic acids is 1. The minimum atomic E-state index is -3.03. The average Bonchev–Trinajstić information content (AvgIpc) is 3.57. The third kappa shape index (κ3) is 5.93. The van der Waals surface area contributed by atoms with Gasteiger partial charge in [0.15, 0.2) is 11.5 Å². The van der Waals surface area contributed by atoms with E-state index in [1.165, 1.54) is 30.4 Å². The molecular weight excluding hydrogens is 493 g/mol. The number of nitrogens with two attached hydrogens (primary N) is 1. The van der Waals surface area contributed by atoms with Crippen molar-refractivity contribution in [2.45, 2.75) is 51.9 Å². The number of carboxylic acids is 1. The lowest BCUT2D eigenvalue weighted by atomic mass is 9.75. The maximum atomic E-state index is 15.3. The standard InChI is InChI=1S/C26H29F3N2O6/c1-3-34-17-8-9-26(24(32)33,21(27)11-17)12-18-22(14(2)30)37-23(31-18)16-6-7-19(36-25(28)29)20(10-16)35-13-15-4-5-15/h6-11,14-15,21,25H,3-5,12-13,30H2,1-2H3,(H,32,33). The van der Waals surface area contributed by atoms with Crippen LogP contribution in [0, 0.1) is 11.3 Å². The van der Waals surface area contributed by atoms with E-state index in [9.17, 15) is 18.7 Å². The molecule has 1 heterocycles. The van der Waals surface area contributed by atoms with Crippen LogP contribution in [0.4, 0.5) is 13.2 Å². The fourth-order valence-corrected chi connectivity index (χ4v) is 4.04. The van der Waals surface area contributed by atoms with Crippen LogP contribution >= 0.6 is 0 Å². The molecule has 0 bridgehead atoms. The molecule has 2 aliphatic rings. The van der Waals surface area contributed by atoms with Gasteiger partial charge in [-0.25, -0.2) is 9.37 Å². The Bertz CT molecular complexity index is 1190. The van der Waals surface area contributed by atoms with E-state index in [1.807, 2.05) is 0 Å². The Morgan fingerprint density at radius 2 is 2.05 bits per heavy atom. The van der Waals surface area contributed by atoms with Crippen LogP contribution in [0.1, 0.15) is 44.2 Å². The highest BCUT2D eigenvalue weighted by molar-refractivity contribution is 5.79. The Morgan fingerprint density at radius 1 is 1.30 bits per heavy atom. The normalized spacial score (nSPS) is 22.0. The number of aromatic nitrogens is 1. The van der Waals surface area contributed by atoms with Crippen molar-refractivity contribution in [1.29, 1.82) is 0 Å². The molecule has 4 rings (SSSR count). The Labute approximate surface area is 211 Å². The van der Waals surface area contributed by atoms with Crippen molar-refractivity contribution < 1.29 is 41.7 Å². The first-order valence-corrected chi connectivity index (χ1v) is 12.0. The molecule has 0 radical (unpaired) electrons. The molecule has 1 saturated carbocycles. The maximum Gasteiger partial charge on any atom is 0.387 e. The summed E-state index contributed by atoms with van der Waals surface area (Å²) < 4.78 is 62.5. The predicted octanol–water partition coefficient (Wildman–Crippen LogP) is 5.19. The Kier molecular flexibility index (Phi) is 7.82. The van der Waals surface area contributed by atoms with E-state index < -0.39 is 30.2 Å². The topological polar surface area (TPSA) is 117 Å².